The first-order chi connectivity index (χ1) is 16.2. The molecule has 0 spiro atoms. The number of epoxide rings is 2. The summed E-state index contributed by atoms with van der Waals surface area (Å²) in [5.41, 5.74) is 0.413. The van der Waals surface area contributed by atoms with Gasteiger partial charge in [-0.2, -0.15) is 0 Å². The second kappa shape index (κ2) is 9.90. The summed E-state index contributed by atoms with van der Waals surface area (Å²) in [6, 6.07) is 0. The molecule has 0 amide bonds. The summed E-state index contributed by atoms with van der Waals surface area (Å²) in [4.78, 5) is 37.5. The third-order valence-electron chi connectivity index (χ3n) is 7.48. The monoisotopic (exact) mass is 490 g/mol. The molecule has 8 nitrogen and oxygen atoms in total. The Balaban J connectivity index is 1.93. The summed E-state index contributed by atoms with van der Waals surface area (Å²) in [5.74, 6) is -1.92. The Morgan fingerprint density at radius 2 is 1.57 bits per heavy atom. The fraction of sp³-hybridized carbons (Fsp3) is 0.667. The molecule has 35 heavy (non-hydrogen) atoms. The standard InChI is InChI=1S/C27H38O8/c1-10-14(3)24(29)32-19(13-20-26(7,8)34-20)16(5)18-12-21-27(9,35-21)23(31-17(6)28)22(18)33-25(30)15(4)11-2/h10-11,18-23H,5,12-13H2,1-4,6-9H3/b14-10-,15-11-/t18-,19?,20?,21-,22+,23+,27-/m0/s1. The summed E-state index contributed by atoms with van der Waals surface area (Å²) in [7, 11) is 0. The normalized spacial score (nSPS) is 34.2. The minimum atomic E-state index is -0.852. The van der Waals surface area contributed by atoms with Crippen molar-refractivity contribution in [1.82, 2.24) is 0 Å². The Bertz CT molecular complexity index is 960. The van der Waals surface area contributed by atoms with E-state index < -0.39 is 47.7 Å². The van der Waals surface area contributed by atoms with Crippen LogP contribution < -0.4 is 0 Å². The van der Waals surface area contributed by atoms with Crippen molar-refractivity contribution in [3.63, 3.8) is 0 Å². The highest BCUT2D eigenvalue weighted by molar-refractivity contribution is 5.88. The first kappa shape index (κ1) is 27.1. The summed E-state index contributed by atoms with van der Waals surface area (Å²) in [5, 5.41) is 0. The van der Waals surface area contributed by atoms with E-state index >= 15 is 0 Å². The molecule has 3 aliphatic rings. The Kier molecular flexibility index (Phi) is 7.67. The molecule has 0 aromatic rings. The van der Waals surface area contributed by atoms with Crippen LogP contribution in [0.2, 0.25) is 0 Å². The maximum atomic E-state index is 12.8. The van der Waals surface area contributed by atoms with Crippen molar-refractivity contribution < 1.29 is 38.1 Å². The van der Waals surface area contributed by atoms with Gasteiger partial charge in [-0.1, -0.05) is 18.7 Å². The van der Waals surface area contributed by atoms with Gasteiger partial charge in [0.05, 0.1) is 17.8 Å². The van der Waals surface area contributed by atoms with E-state index in [1.807, 2.05) is 20.8 Å². The minimum absolute atomic E-state index is 0.107. The number of hydrogen-bond acceptors (Lipinski definition) is 8. The number of rotatable bonds is 9. The molecule has 1 aliphatic carbocycles. The lowest BCUT2D eigenvalue weighted by molar-refractivity contribution is -0.176. The SMILES string of the molecule is C=C(C(CC1OC1(C)C)OC(=O)/C(C)=C\C)[C@@H]1C[C@@H]2O[C@]2(C)[C@H](OC(C)=O)[C@@H]1OC(=O)/C(C)=C\C. The smallest absolute Gasteiger partial charge is 0.333 e. The molecule has 3 rings (SSSR count). The minimum Gasteiger partial charge on any atom is -0.455 e. The Hall–Kier alpha value is -2.45. The zero-order valence-corrected chi connectivity index (χ0v) is 22.0. The predicted molar refractivity (Wildman–Crippen MR) is 128 cm³/mol. The van der Waals surface area contributed by atoms with Crippen LogP contribution >= 0.6 is 0 Å². The number of ether oxygens (including phenoxy) is 5. The van der Waals surface area contributed by atoms with Crippen LogP contribution in [0.3, 0.4) is 0 Å². The molecule has 7 atom stereocenters. The van der Waals surface area contributed by atoms with Crippen molar-refractivity contribution in [3.05, 3.63) is 35.5 Å². The average molecular weight is 491 g/mol. The molecule has 2 unspecified atom stereocenters. The molecule has 2 aliphatic heterocycles. The highest BCUT2D eigenvalue weighted by Gasteiger charge is 2.68. The lowest BCUT2D eigenvalue weighted by atomic mass is 9.73. The van der Waals surface area contributed by atoms with Gasteiger partial charge in [-0.05, 0) is 60.5 Å². The number of carbonyl (C=O) groups excluding carboxylic acids is 3. The summed E-state index contributed by atoms with van der Waals surface area (Å²) >= 11 is 0. The maximum Gasteiger partial charge on any atom is 0.333 e. The van der Waals surface area contributed by atoms with Gasteiger partial charge < -0.3 is 23.7 Å². The number of esters is 3. The van der Waals surface area contributed by atoms with E-state index in [1.54, 1.807) is 39.8 Å². The largest absolute Gasteiger partial charge is 0.455 e. The molecule has 2 heterocycles. The summed E-state index contributed by atoms with van der Waals surface area (Å²) in [6.07, 6.45) is 1.59. The van der Waals surface area contributed by atoms with Crippen LogP contribution in [0.15, 0.2) is 35.5 Å². The number of carbonyl (C=O) groups is 3. The molecule has 194 valence electrons. The van der Waals surface area contributed by atoms with Crippen molar-refractivity contribution in [2.45, 2.75) is 110 Å². The lowest BCUT2D eigenvalue weighted by Gasteiger charge is -2.40. The van der Waals surface area contributed by atoms with E-state index in [4.69, 9.17) is 23.7 Å². The zero-order chi connectivity index (χ0) is 26.3. The van der Waals surface area contributed by atoms with E-state index in [0.717, 1.165) is 0 Å². The van der Waals surface area contributed by atoms with Crippen molar-refractivity contribution in [2.75, 3.05) is 0 Å². The first-order valence-electron chi connectivity index (χ1n) is 12.1. The summed E-state index contributed by atoms with van der Waals surface area (Å²) < 4.78 is 29.2. The molecule has 0 radical (unpaired) electrons. The maximum absolute atomic E-state index is 12.8. The van der Waals surface area contributed by atoms with Gasteiger partial charge in [-0.25, -0.2) is 9.59 Å². The molecule has 0 aromatic heterocycles. The third kappa shape index (κ3) is 5.70. The molecule has 0 bridgehead atoms. The van der Waals surface area contributed by atoms with Gasteiger partial charge in [-0.3, -0.25) is 4.79 Å². The van der Waals surface area contributed by atoms with Crippen LogP contribution in [0.5, 0.6) is 0 Å². The van der Waals surface area contributed by atoms with Gasteiger partial charge in [0.1, 0.15) is 17.8 Å². The second-order valence-electron chi connectivity index (χ2n) is 10.4. The van der Waals surface area contributed by atoms with Gasteiger partial charge in [0.25, 0.3) is 0 Å². The van der Waals surface area contributed by atoms with Crippen molar-refractivity contribution in [1.29, 1.82) is 0 Å². The van der Waals surface area contributed by atoms with Crippen LogP contribution in [-0.2, 0) is 38.1 Å². The van der Waals surface area contributed by atoms with E-state index in [2.05, 4.69) is 6.58 Å². The fourth-order valence-electron chi connectivity index (χ4n) is 4.62. The zero-order valence-electron chi connectivity index (χ0n) is 22.0. The average Bonchev–Trinajstić information content (AvgIpc) is 3.65. The molecule has 1 saturated carbocycles. The molecule has 3 fully saturated rings. The topological polar surface area (TPSA) is 104 Å². The van der Waals surface area contributed by atoms with Gasteiger partial charge in [0.15, 0.2) is 6.10 Å². The highest BCUT2D eigenvalue weighted by atomic mass is 16.7. The van der Waals surface area contributed by atoms with Crippen LogP contribution in [0.25, 0.3) is 0 Å². The van der Waals surface area contributed by atoms with Crippen molar-refractivity contribution >= 4 is 17.9 Å². The van der Waals surface area contributed by atoms with E-state index in [0.29, 0.717) is 29.6 Å². The van der Waals surface area contributed by atoms with E-state index in [-0.39, 0.29) is 17.8 Å². The Morgan fingerprint density at radius 1 is 1.00 bits per heavy atom. The van der Waals surface area contributed by atoms with Gasteiger partial charge in [-0.15, -0.1) is 0 Å². The molecule has 0 N–H and O–H groups in total. The molecule has 0 aromatic carbocycles. The van der Waals surface area contributed by atoms with E-state index in [1.165, 1.54) is 6.92 Å². The summed E-state index contributed by atoms with van der Waals surface area (Å²) in [6.45, 7) is 18.3. The quantitative estimate of drug-likeness (QED) is 0.157. The van der Waals surface area contributed by atoms with Crippen LogP contribution in [0.4, 0.5) is 0 Å². The molecule has 2 saturated heterocycles. The van der Waals surface area contributed by atoms with Crippen molar-refractivity contribution in [2.24, 2.45) is 5.92 Å². The van der Waals surface area contributed by atoms with Gasteiger partial charge in [0, 0.05) is 30.4 Å². The number of hydrogen-bond donors (Lipinski definition) is 0. The predicted octanol–water partition coefficient (Wildman–Crippen LogP) is 3.98. The van der Waals surface area contributed by atoms with Gasteiger partial charge >= 0.3 is 17.9 Å². The fourth-order valence-corrected chi connectivity index (χ4v) is 4.62. The first-order valence-corrected chi connectivity index (χ1v) is 12.1. The Labute approximate surface area is 207 Å². The molecular weight excluding hydrogens is 452 g/mol. The third-order valence-corrected chi connectivity index (χ3v) is 7.48. The number of allylic oxidation sites excluding steroid dienone is 2. The van der Waals surface area contributed by atoms with Crippen LogP contribution in [0, 0.1) is 5.92 Å². The lowest BCUT2D eigenvalue weighted by Crippen LogP contribution is -2.54. The second-order valence-corrected chi connectivity index (χ2v) is 10.4. The van der Waals surface area contributed by atoms with Crippen molar-refractivity contribution in [3.8, 4) is 0 Å². The Morgan fingerprint density at radius 3 is 2.09 bits per heavy atom. The van der Waals surface area contributed by atoms with Crippen LogP contribution in [-0.4, -0.2) is 59.6 Å². The van der Waals surface area contributed by atoms with E-state index in [9.17, 15) is 14.4 Å². The van der Waals surface area contributed by atoms with Gasteiger partial charge in [0.2, 0.25) is 0 Å². The molecule has 8 heteroatoms. The molecular formula is C27H38O8. The highest BCUT2D eigenvalue weighted by Crippen LogP contribution is 2.54. The van der Waals surface area contributed by atoms with Crippen LogP contribution in [0.1, 0.15) is 68.2 Å². The number of fused-ring (bicyclic) bond motifs is 1.